The number of nitrogens with one attached hydrogen (secondary N) is 2. The number of rotatable bonds is 6. The average molecular weight is 375 g/mol. The molecule has 0 bridgehead atoms. The topological polar surface area (TPSA) is 103 Å². The highest BCUT2D eigenvalue weighted by molar-refractivity contribution is 7.88. The first kappa shape index (κ1) is 19.9. The predicted molar refractivity (Wildman–Crippen MR) is 95.9 cm³/mol. The SMILES string of the molecule is CN(C)C(=O)CN=C(NCCNS(C)(=O)=O)N1CCC2(CCOC2)C1. The fraction of sp³-hybridized carbons (Fsp3) is 0.867. The zero-order chi connectivity index (χ0) is 18.5. The number of amides is 1. The molecule has 2 aliphatic rings. The summed E-state index contributed by atoms with van der Waals surface area (Å²) in [5.41, 5.74) is 0.180. The number of carbonyl (C=O) groups is 1. The van der Waals surface area contributed by atoms with Gasteiger partial charge in [0, 0.05) is 52.3 Å². The minimum atomic E-state index is -3.22. The monoisotopic (exact) mass is 375 g/mol. The van der Waals surface area contributed by atoms with E-state index in [0.29, 0.717) is 12.5 Å². The third-order valence-electron chi connectivity index (χ3n) is 4.56. The maximum absolute atomic E-state index is 11.8. The van der Waals surface area contributed by atoms with Gasteiger partial charge in [-0.1, -0.05) is 0 Å². The van der Waals surface area contributed by atoms with E-state index in [4.69, 9.17) is 4.74 Å². The van der Waals surface area contributed by atoms with Gasteiger partial charge in [-0.05, 0) is 12.8 Å². The second kappa shape index (κ2) is 8.33. The molecule has 0 aromatic rings. The third kappa shape index (κ3) is 6.12. The van der Waals surface area contributed by atoms with Crippen molar-refractivity contribution >= 4 is 21.9 Å². The lowest BCUT2D eigenvalue weighted by atomic mass is 9.87. The number of carbonyl (C=O) groups excluding carboxylic acids is 1. The van der Waals surface area contributed by atoms with E-state index < -0.39 is 10.0 Å². The fourth-order valence-corrected chi connectivity index (χ4v) is 3.52. The molecule has 25 heavy (non-hydrogen) atoms. The molecule has 1 unspecified atom stereocenters. The third-order valence-corrected chi connectivity index (χ3v) is 5.29. The molecule has 1 spiro atoms. The van der Waals surface area contributed by atoms with Crippen LogP contribution in [0.3, 0.4) is 0 Å². The van der Waals surface area contributed by atoms with Crippen LogP contribution in [0.25, 0.3) is 0 Å². The van der Waals surface area contributed by atoms with Gasteiger partial charge in [-0.25, -0.2) is 18.1 Å². The highest BCUT2D eigenvalue weighted by Crippen LogP contribution is 2.38. The highest BCUT2D eigenvalue weighted by Gasteiger charge is 2.42. The molecule has 144 valence electrons. The number of nitrogens with zero attached hydrogens (tertiary/aromatic N) is 3. The largest absolute Gasteiger partial charge is 0.381 e. The molecule has 0 radical (unpaired) electrons. The van der Waals surface area contributed by atoms with E-state index in [2.05, 4.69) is 19.9 Å². The molecule has 2 N–H and O–H groups in total. The van der Waals surface area contributed by atoms with E-state index >= 15 is 0 Å². The molecule has 2 fully saturated rings. The fourth-order valence-electron chi connectivity index (χ4n) is 3.05. The number of likely N-dealkylation sites (N-methyl/N-ethyl adjacent to an activating group) is 1. The summed E-state index contributed by atoms with van der Waals surface area (Å²) in [6.07, 6.45) is 3.21. The molecular weight excluding hydrogens is 346 g/mol. The van der Waals surface area contributed by atoms with Gasteiger partial charge in [0.15, 0.2) is 5.96 Å². The molecule has 10 heteroatoms. The summed E-state index contributed by atoms with van der Waals surface area (Å²) in [6, 6.07) is 0. The molecule has 0 aromatic heterocycles. The zero-order valence-electron chi connectivity index (χ0n) is 15.2. The van der Waals surface area contributed by atoms with E-state index in [1.54, 1.807) is 14.1 Å². The first-order valence-corrected chi connectivity index (χ1v) is 10.4. The summed E-state index contributed by atoms with van der Waals surface area (Å²) < 4.78 is 30.3. The lowest BCUT2D eigenvalue weighted by Crippen LogP contribution is -2.44. The molecule has 2 aliphatic heterocycles. The van der Waals surface area contributed by atoms with Gasteiger partial charge < -0.3 is 19.9 Å². The minimum absolute atomic E-state index is 0.0643. The first-order valence-electron chi connectivity index (χ1n) is 8.47. The van der Waals surface area contributed by atoms with Gasteiger partial charge >= 0.3 is 0 Å². The number of hydrogen-bond donors (Lipinski definition) is 2. The Kier molecular flexibility index (Phi) is 6.64. The van der Waals surface area contributed by atoms with Crippen LogP contribution in [-0.2, 0) is 19.6 Å². The Bertz CT molecular complexity index is 599. The standard InChI is InChI=1S/C15H29N5O4S/c1-19(2)13(21)10-17-14(16-6-7-18-25(3,22)23)20-8-4-15(11-20)5-9-24-12-15/h18H,4-12H2,1-3H3,(H,16,17). The van der Waals surface area contributed by atoms with Gasteiger partial charge in [-0.3, -0.25) is 4.79 Å². The van der Waals surface area contributed by atoms with Crippen molar-refractivity contribution in [1.29, 1.82) is 0 Å². The van der Waals surface area contributed by atoms with Crippen LogP contribution in [0, 0.1) is 5.41 Å². The molecule has 0 aromatic carbocycles. The Morgan fingerprint density at radius 1 is 1.32 bits per heavy atom. The Morgan fingerprint density at radius 2 is 2.08 bits per heavy atom. The molecule has 2 rings (SSSR count). The molecule has 0 saturated carbocycles. The summed E-state index contributed by atoms with van der Waals surface area (Å²) in [4.78, 5) is 19.9. The van der Waals surface area contributed by atoms with Gasteiger partial charge in [-0.15, -0.1) is 0 Å². The predicted octanol–water partition coefficient (Wildman–Crippen LogP) is -1.32. The number of sulfonamides is 1. The number of ether oxygens (including phenoxy) is 1. The molecule has 1 atom stereocenters. The van der Waals surface area contributed by atoms with Gasteiger partial charge in [0.25, 0.3) is 0 Å². The lowest BCUT2D eigenvalue weighted by molar-refractivity contribution is -0.127. The Morgan fingerprint density at radius 3 is 2.68 bits per heavy atom. The highest BCUT2D eigenvalue weighted by atomic mass is 32.2. The average Bonchev–Trinajstić information content (AvgIpc) is 3.15. The quantitative estimate of drug-likeness (QED) is 0.339. The first-order chi connectivity index (χ1) is 11.7. The van der Waals surface area contributed by atoms with Crippen molar-refractivity contribution in [3.8, 4) is 0 Å². The Hall–Kier alpha value is -1.39. The van der Waals surface area contributed by atoms with Crippen molar-refractivity contribution in [3.63, 3.8) is 0 Å². The van der Waals surface area contributed by atoms with Gasteiger partial charge in [0.05, 0.1) is 12.9 Å². The van der Waals surface area contributed by atoms with E-state index in [9.17, 15) is 13.2 Å². The molecule has 0 aliphatic carbocycles. The molecule has 2 saturated heterocycles. The number of hydrogen-bond acceptors (Lipinski definition) is 5. The molecule has 2 heterocycles. The van der Waals surface area contributed by atoms with Crippen LogP contribution in [0.5, 0.6) is 0 Å². The van der Waals surface area contributed by atoms with E-state index in [1.165, 1.54) is 4.90 Å². The lowest BCUT2D eigenvalue weighted by Gasteiger charge is -2.25. The summed E-state index contributed by atoms with van der Waals surface area (Å²) in [5, 5.41) is 3.17. The van der Waals surface area contributed by atoms with Gasteiger partial charge in [0.1, 0.15) is 6.54 Å². The summed E-state index contributed by atoms with van der Waals surface area (Å²) in [7, 11) is 0.175. The molecule has 1 amide bonds. The minimum Gasteiger partial charge on any atom is -0.381 e. The van der Waals surface area contributed by atoms with E-state index in [0.717, 1.165) is 45.4 Å². The van der Waals surface area contributed by atoms with Crippen molar-refractivity contribution in [2.75, 3.05) is 66.3 Å². The zero-order valence-corrected chi connectivity index (χ0v) is 16.1. The van der Waals surface area contributed by atoms with E-state index in [-0.39, 0.29) is 24.4 Å². The van der Waals surface area contributed by atoms with Crippen molar-refractivity contribution in [2.45, 2.75) is 12.8 Å². The van der Waals surface area contributed by atoms with Crippen molar-refractivity contribution in [3.05, 3.63) is 0 Å². The number of aliphatic imine (C=N–C) groups is 1. The smallest absolute Gasteiger partial charge is 0.243 e. The normalized spacial score (nSPS) is 24.1. The maximum atomic E-state index is 11.8. The van der Waals surface area contributed by atoms with Crippen LogP contribution in [0.4, 0.5) is 0 Å². The van der Waals surface area contributed by atoms with Crippen molar-refractivity contribution < 1.29 is 17.9 Å². The van der Waals surface area contributed by atoms with Crippen LogP contribution < -0.4 is 10.0 Å². The Balaban J connectivity index is 1.96. The van der Waals surface area contributed by atoms with Gasteiger partial charge in [0.2, 0.25) is 15.9 Å². The van der Waals surface area contributed by atoms with Crippen LogP contribution in [0.1, 0.15) is 12.8 Å². The van der Waals surface area contributed by atoms with Crippen molar-refractivity contribution in [1.82, 2.24) is 19.8 Å². The van der Waals surface area contributed by atoms with Gasteiger partial charge in [-0.2, -0.15) is 0 Å². The summed E-state index contributed by atoms with van der Waals surface area (Å²) in [5.74, 6) is 0.570. The maximum Gasteiger partial charge on any atom is 0.243 e. The Labute approximate surface area is 149 Å². The van der Waals surface area contributed by atoms with Crippen LogP contribution >= 0.6 is 0 Å². The van der Waals surface area contributed by atoms with Crippen LogP contribution in [0.15, 0.2) is 4.99 Å². The summed E-state index contributed by atoms with van der Waals surface area (Å²) >= 11 is 0. The van der Waals surface area contributed by atoms with Crippen LogP contribution in [-0.4, -0.2) is 96.4 Å². The number of likely N-dealkylation sites (tertiary alicyclic amines) is 1. The van der Waals surface area contributed by atoms with Crippen LogP contribution in [0.2, 0.25) is 0 Å². The molecule has 9 nitrogen and oxygen atoms in total. The second-order valence-electron chi connectivity index (χ2n) is 7.00. The summed E-state index contributed by atoms with van der Waals surface area (Å²) in [6.45, 7) is 3.99. The van der Waals surface area contributed by atoms with E-state index in [1.807, 2.05) is 0 Å². The van der Waals surface area contributed by atoms with Crippen molar-refractivity contribution in [2.24, 2.45) is 10.4 Å². The second-order valence-corrected chi connectivity index (χ2v) is 8.83. The number of guanidine groups is 1. The molecular formula is C15H29N5O4S.